The molecule has 0 saturated carbocycles. The predicted molar refractivity (Wildman–Crippen MR) is 135 cm³/mol. The number of halogens is 7. The first-order valence-electron chi connectivity index (χ1n) is 12.1. The number of nitrogens with one attached hydrogen (secondary N) is 1. The molecule has 11 heteroatoms. The highest BCUT2D eigenvalue weighted by atomic mass is 35.5. The third-order valence-corrected chi connectivity index (χ3v) is 7.51. The molecule has 204 valence electrons. The minimum atomic E-state index is -4.65. The van der Waals surface area contributed by atoms with E-state index in [1.165, 1.54) is 18.2 Å². The quantitative estimate of drug-likeness (QED) is 0.254. The number of hydrogen-bond donors (Lipinski definition) is 1. The summed E-state index contributed by atoms with van der Waals surface area (Å²) in [5.41, 5.74) is -0.369. The number of likely N-dealkylation sites (tertiary alicyclic amines) is 1. The number of rotatable bonds is 3. The first kappa shape index (κ1) is 27.1. The van der Waals surface area contributed by atoms with E-state index in [1.807, 2.05) is 0 Å². The number of imidazole rings is 1. The number of alkyl halides is 6. The normalized spacial score (nSPS) is 18.2. The Labute approximate surface area is 224 Å². The lowest BCUT2D eigenvalue weighted by atomic mass is 9.93. The van der Waals surface area contributed by atoms with Crippen LogP contribution in [0.4, 0.5) is 26.3 Å². The van der Waals surface area contributed by atoms with Gasteiger partial charge in [-0.2, -0.15) is 26.3 Å². The van der Waals surface area contributed by atoms with Crippen LogP contribution in [-0.4, -0.2) is 27.3 Å². The smallest absolute Gasteiger partial charge is 0.340 e. The van der Waals surface area contributed by atoms with Crippen molar-refractivity contribution < 1.29 is 31.1 Å². The molecule has 0 unspecified atom stereocenters. The molecule has 1 aliphatic heterocycles. The van der Waals surface area contributed by atoms with Crippen molar-refractivity contribution in [2.75, 3.05) is 6.54 Å². The molecule has 1 atom stereocenters. The number of aromatic nitrogens is 2. The van der Waals surface area contributed by atoms with Crippen molar-refractivity contribution in [2.45, 2.75) is 44.6 Å². The molecule has 0 bridgehead atoms. The first-order chi connectivity index (χ1) is 18.2. The summed E-state index contributed by atoms with van der Waals surface area (Å²) < 4.78 is 79.4. The summed E-state index contributed by atoms with van der Waals surface area (Å²) in [5, 5.41) is -0.462. The Morgan fingerprint density at radius 3 is 2.33 bits per heavy atom. The fourth-order valence-corrected chi connectivity index (χ4v) is 5.38. The molecule has 4 aromatic rings. The number of amides is 1. The van der Waals surface area contributed by atoms with Gasteiger partial charge in [-0.3, -0.25) is 4.79 Å². The molecule has 1 N–H and O–H groups in total. The molecule has 1 fully saturated rings. The van der Waals surface area contributed by atoms with E-state index in [-0.39, 0.29) is 11.4 Å². The SMILES string of the molecule is Cc1ccc(-c2ccc(C(F)(F)F)cc2)c(C(=O)N2CCC[C@@]2(C)c2nc3cc(C(F)(F)F)c(Cl)cc3[nH]2)c1. The van der Waals surface area contributed by atoms with E-state index in [2.05, 4.69) is 9.97 Å². The van der Waals surface area contributed by atoms with Gasteiger partial charge in [-0.15, -0.1) is 0 Å². The van der Waals surface area contributed by atoms with E-state index >= 15 is 0 Å². The third kappa shape index (κ3) is 4.86. The van der Waals surface area contributed by atoms with Gasteiger partial charge in [0.25, 0.3) is 5.91 Å². The number of carbonyl (C=O) groups excluding carboxylic acids is 1. The fourth-order valence-electron chi connectivity index (χ4n) is 5.11. The second-order valence-electron chi connectivity index (χ2n) is 9.89. The summed E-state index contributed by atoms with van der Waals surface area (Å²) in [6.07, 6.45) is -8.02. The largest absolute Gasteiger partial charge is 0.417 e. The van der Waals surface area contributed by atoms with Gasteiger partial charge in [-0.05, 0) is 68.1 Å². The van der Waals surface area contributed by atoms with E-state index in [9.17, 15) is 31.1 Å². The van der Waals surface area contributed by atoms with Crippen LogP contribution in [0.5, 0.6) is 0 Å². The first-order valence-corrected chi connectivity index (χ1v) is 12.4. The second-order valence-corrected chi connectivity index (χ2v) is 10.3. The van der Waals surface area contributed by atoms with Gasteiger partial charge in [0, 0.05) is 12.1 Å². The van der Waals surface area contributed by atoms with Crippen molar-refractivity contribution >= 4 is 28.5 Å². The lowest BCUT2D eigenvalue weighted by Gasteiger charge is -2.34. The van der Waals surface area contributed by atoms with E-state index in [1.54, 1.807) is 36.9 Å². The van der Waals surface area contributed by atoms with Gasteiger partial charge in [-0.25, -0.2) is 4.98 Å². The van der Waals surface area contributed by atoms with Gasteiger partial charge in [0.15, 0.2) is 0 Å². The zero-order chi connectivity index (χ0) is 28.3. The van der Waals surface area contributed by atoms with Gasteiger partial charge in [0.1, 0.15) is 5.82 Å². The minimum absolute atomic E-state index is 0.0725. The summed E-state index contributed by atoms with van der Waals surface area (Å²) in [6, 6.07) is 11.8. The Balaban J connectivity index is 1.55. The van der Waals surface area contributed by atoms with Crippen molar-refractivity contribution in [3.63, 3.8) is 0 Å². The maximum atomic E-state index is 14.0. The standard InChI is InChI=1S/C28H22ClF6N3O/c1-15-4-9-18(16-5-7-17(8-6-16)27(30,31)32)19(12-15)24(39)38-11-3-10-26(38,2)25-36-22-13-20(28(33,34)35)21(29)14-23(22)37-25/h4-9,12-14H,3,10-11H2,1-2H3,(H,36,37)/t26-/m0/s1. The van der Waals surface area contributed by atoms with Crippen molar-refractivity contribution in [1.82, 2.24) is 14.9 Å². The molecule has 4 nitrogen and oxygen atoms in total. The van der Waals surface area contributed by atoms with Crippen LogP contribution in [-0.2, 0) is 17.9 Å². The molecular weight excluding hydrogens is 544 g/mol. The molecular formula is C28H22ClF6N3O. The predicted octanol–water partition coefficient (Wildman–Crippen LogP) is 8.38. The molecule has 1 aliphatic rings. The molecule has 1 aromatic heterocycles. The molecule has 1 saturated heterocycles. The summed E-state index contributed by atoms with van der Waals surface area (Å²) in [6.45, 7) is 3.95. The number of H-pyrrole nitrogens is 1. The van der Waals surface area contributed by atoms with Crippen LogP contribution in [0.15, 0.2) is 54.6 Å². The van der Waals surface area contributed by atoms with Crippen molar-refractivity contribution in [2.24, 2.45) is 0 Å². The highest BCUT2D eigenvalue weighted by Crippen LogP contribution is 2.42. The zero-order valence-electron chi connectivity index (χ0n) is 20.8. The molecule has 1 amide bonds. The van der Waals surface area contributed by atoms with Gasteiger partial charge >= 0.3 is 12.4 Å². The molecule has 5 rings (SSSR count). The highest BCUT2D eigenvalue weighted by molar-refractivity contribution is 6.32. The lowest BCUT2D eigenvalue weighted by Crippen LogP contribution is -2.43. The van der Waals surface area contributed by atoms with Crippen molar-refractivity contribution in [1.29, 1.82) is 0 Å². The summed E-state index contributed by atoms with van der Waals surface area (Å²) in [7, 11) is 0. The number of aromatic amines is 1. The number of aryl methyl sites for hydroxylation is 1. The Hall–Kier alpha value is -3.53. The minimum Gasteiger partial charge on any atom is -0.340 e. The summed E-state index contributed by atoms with van der Waals surface area (Å²) in [5.74, 6) is -0.0365. The van der Waals surface area contributed by atoms with Crippen LogP contribution in [0.2, 0.25) is 5.02 Å². The van der Waals surface area contributed by atoms with Gasteiger partial charge < -0.3 is 9.88 Å². The Morgan fingerprint density at radius 2 is 1.69 bits per heavy atom. The van der Waals surface area contributed by atoms with Crippen LogP contribution >= 0.6 is 11.6 Å². The second kappa shape index (κ2) is 9.29. The average Bonchev–Trinajstić information content (AvgIpc) is 3.46. The van der Waals surface area contributed by atoms with E-state index in [0.717, 1.165) is 23.8 Å². The maximum Gasteiger partial charge on any atom is 0.417 e. The fraction of sp³-hybridized carbons (Fsp3) is 0.286. The summed E-state index contributed by atoms with van der Waals surface area (Å²) in [4.78, 5) is 23.1. The molecule has 0 aliphatic carbocycles. The van der Waals surface area contributed by atoms with Gasteiger partial charge in [-0.1, -0.05) is 41.4 Å². The number of fused-ring (bicyclic) bond motifs is 1. The van der Waals surface area contributed by atoms with Crippen molar-refractivity contribution in [3.8, 4) is 11.1 Å². The maximum absolute atomic E-state index is 14.0. The Morgan fingerprint density at radius 1 is 1.00 bits per heavy atom. The molecule has 0 radical (unpaired) electrons. The Kier molecular flexibility index (Phi) is 6.44. The summed E-state index contributed by atoms with van der Waals surface area (Å²) >= 11 is 5.88. The van der Waals surface area contributed by atoms with Crippen LogP contribution in [0, 0.1) is 6.92 Å². The highest BCUT2D eigenvalue weighted by Gasteiger charge is 2.44. The van der Waals surface area contributed by atoms with Crippen LogP contribution < -0.4 is 0 Å². The monoisotopic (exact) mass is 565 g/mol. The third-order valence-electron chi connectivity index (χ3n) is 7.20. The molecule has 2 heterocycles. The van der Waals surface area contributed by atoms with Gasteiger partial charge in [0.05, 0.1) is 32.7 Å². The number of carbonyl (C=O) groups is 1. The zero-order valence-corrected chi connectivity index (χ0v) is 21.5. The number of benzene rings is 3. The van der Waals surface area contributed by atoms with Gasteiger partial charge in [0.2, 0.25) is 0 Å². The average molecular weight is 566 g/mol. The van der Waals surface area contributed by atoms with Crippen LogP contribution in [0.1, 0.15) is 52.6 Å². The molecule has 3 aromatic carbocycles. The number of nitrogens with zero attached hydrogens (tertiary/aromatic N) is 2. The lowest BCUT2D eigenvalue weighted by molar-refractivity contribution is -0.138. The van der Waals surface area contributed by atoms with Crippen LogP contribution in [0.25, 0.3) is 22.2 Å². The topological polar surface area (TPSA) is 49.0 Å². The van der Waals surface area contributed by atoms with E-state index in [4.69, 9.17) is 11.6 Å². The van der Waals surface area contributed by atoms with E-state index in [0.29, 0.717) is 47.4 Å². The van der Waals surface area contributed by atoms with Crippen LogP contribution in [0.3, 0.4) is 0 Å². The molecule has 39 heavy (non-hydrogen) atoms. The van der Waals surface area contributed by atoms with Crippen molar-refractivity contribution in [3.05, 3.63) is 87.7 Å². The number of hydrogen-bond acceptors (Lipinski definition) is 2. The Bertz CT molecular complexity index is 1580. The molecule has 0 spiro atoms. The van der Waals surface area contributed by atoms with E-state index < -0.39 is 34.0 Å².